The number of hydrogen-bond donors (Lipinski definition) is 1. The lowest BCUT2D eigenvalue weighted by Gasteiger charge is -2.00. The van der Waals surface area contributed by atoms with Gasteiger partial charge in [-0.25, -0.2) is 9.97 Å². The van der Waals surface area contributed by atoms with E-state index < -0.39 is 0 Å². The summed E-state index contributed by atoms with van der Waals surface area (Å²) in [6, 6.07) is 1.65. The minimum Gasteiger partial charge on any atom is -0.383 e. The molecular formula is C7H10N3O. The van der Waals surface area contributed by atoms with Gasteiger partial charge in [0.2, 0.25) is 5.95 Å². The number of nitrogens with one attached hydrogen (secondary N) is 1. The molecule has 1 radical (unpaired) electrons. The Hall–Kier alpha value is -1.16. The zero-order chi connectivity index (χ0) is 7.94. The van der Waals surface area contributed by atoms with Gasteiger partial charge in [0, 0.05) is 19.9 Å². The fourth-order valence-corrected chi connectivity index (χ4v) is 0.619. The van der Waals surface area contributed by atoms with Gasteiger partial charge in [0.25, 0.3) is 0 Å². The van der Waals surface area contributed by atoms with Crippen molar-refractivity contribution in [3.8, 4) is 0 Å². The largest absolute Gasteiger partial charge is 0.383 e. The summed E-state index contributed by atoms with van der Waals surface area (Å²) >= 11 is 0. The van der Waals surface area contributed by atoms with Crippen LogP contribution < -0.4 is 5.32 Å². The van der Waals surface area contributed by atoms with Crippen LogP contribution in [0, 0.1) is 6.20 Å². The van der Waals surface area contributed by atoms with E-state index in [1.54, 1.807) is 19.4 Å². The number of hydrogen-bond acceptors (Lipinski definition) is 4. The minimum atomic E-state index is 0.588. The van der Waals surface area contributed by atoms with E-state index in [-0.39, 0.29) is 0 Å². The summed E-state index contributed by atoms with van der Waals surface area (Å²) < 4.78 is 4.84. The third kappa shape index (κ3) is 2.95. The molecule has 0 aromatic carbocycles. The van der Waals surface area contributed by atoms with Gasteiger partial charge in [-0.1, -0.05) is 0 Å². The SMILES string of the molecule is COCCNc1n[c]ccn1. The molecule has 0 saturated carbocycles. The van der Waals surface area contributed by atoms with Gasteiger partial charge in [0.1, 0.15) is 0 Å². The molecule has 0 bridgehead atoms. The molecule has 0 aliphatic rings. The molecule has 0 atom stereocenters. The Morgan fingerprint density at radius 3 is 3.27 bits per heavy atom. The molecule has 4 heteroatoms. The fourth-order valence-electron chi connectivity index (χ4n) is 0.619. The number of methoxy groups -OCH3 is 1. The molecule has 0 aliphatic heterocycles. The summed E-state index contributed by atoms with van der Waals surface area (Å²) in [6.07, 6.45) is 4.31. The van der Waals surface area contributed by atoms with Gasteiger partial charge in [-0.15, -0.1) is 0 Å². The highest BCUT2D eigenvalue weighted by Gasteiger charge is 1.89. The summed E-state index contributed by atoms with van der Waals surface area (Å²) in [5.41, 5.74) is 0. The van der Waals surface area contributed by atoms with E-state index in [0.717, 1.165) is 0 Å². The van der Waals surface area contributed by atoms with Crippen LogP contribution in [0.25, 0.3) is 0 Å². The third-order valence-corrected chi connectivity index (χ3v) is 1.11. The molecular weight excluding hydrogens is 142 g/mol. The summed E-state index contributed by atoms with van der Waals surface area (Å²) in [4.78, 5) is 7.79. The summed E-state index contributed by atoms with van der Waals surface area (Å²) in [5, 5.41) is 2.97. The van der Waals surface area contributed by atoms with Crippen molar-refractivity contribution in [2.75, 3.05) is 25.6 Å². The van der Waals surface area contributed by atoms with Gasteiger partial charge >= 0.3 is 0 Å². The van der Waals surface area contributed by atoms with E-state index in [1.165, 1.54) is 0 Å². The number of anilines is 1. The van der Waals surface area contributed by atoms with E-state index in [0.29, 0.717) is 19.1 Å². The first kappa shape index (κ1) is 7.94. The predicted octanol–water partition coefficient (Wildman–Crippen LogP) is 0.335. The van der Waals surface area contributed by atoms with E-state index in [9.17, 15) is 0 Å². The van der Waals surface area contributed by atoms with Crippen LogP contribution in [0.1, 0.15) is 0 Å². The highest BCUT2D eigenvalue weighted by atomic mass is 16.5. The standard InChI is InChI=1S/C7H10N3O/c1-11-6-5-10-7-8-3-2-4-9-7/h2-3H,5-6H2,1H3,(H,8,9,10). The van der Waals surface area contributed by atoms with E-state index in [2.05, 4.69) is 21.5 Å². The second kappa shape index (κ2) is 4.62. The van der Waals surface area contributed by atoms with Crippen molar-refractivity contribution in [1.29, 1.82) is 0 Å². The molecule has 0 saturated heterocycles. The average molecular weight is 152 g/mol. The molecule has 1 heterocycles. The molecule has 0 fully saturated rings. The summed E-state index contributed by atoms with van der Waals surface area (Å²) in [7, 11) is 1.65. The van der Waals surface area contributed by atoms with E-state index in [1.807, 2.05) is 0 Å². The van der Waals surface area contributed by atoms with Crippen LogP contribution in [0.3, 0.4) is 0 Å². The monoisotopic (exact) mass is 152 g/mol. The second-order valence-electron chi connectivity index (χ2n) is 1.93. The number of aromatic nitrogens is 2. The highest BCUT2D eigenvalue weighted by Crippen LogP contribution is 1.91. The van der Waals surface area contributed by atoms with Crippen LogP contribution in [-0.4, -0.2) is 30.2 Å². The smallest absolute Gasteiger partial charge is 0.223 e. The molecule has 1 N–H and O–H groups in total. The highest BCUT2D eigenvalue weighted by molar-refractivity contribution is 5.21. The Bertz CT molecular complexity index is 190. The second-order valence-corrected chi connectivity index (χ2v) is 1.93. The number of nitrogens with zero attached hydrogens (tertiary/aromatic N) is 2. The van der Waals surface area contributed by atoms with E-state index in [4.69, 9.17) is 4.74 Å². The maximum atomic E-state index is 4.84. The molecule has 0 aliphatic carbocycles. The number of rotatable bonds is 4. The Morgan fingerprint density at radius 1 is 1.73 bits per heavy atom. The number of ether oxygens (including phenoxy) is 1. The van der Waals surface area contributed by atoms with Crippen LogP contribution in [0.4, 0.5) is 5.95 Å². The predicted molar refractivity (Wildman–Crippen MR) is 41.2 cm³/mol. The molecule has 59 valence electrons. The Kier molecular flexibility index (Phi) is 3.34. The van der Waals surface area contributed by atoms with Crippen LogP contribution in [0.2, 0.25) is 0 Å². The van der Waals surface area contributed by atoms with Crippen LogP contribution in [0.5, 0.6) is 0 Å². The minimum absolute atomic E-state index is 0.588. The van der Waals surface area contributed by atoms with E-state index >= 15 is 0 Å². The maximum absolute atomic E-state index is 4.84. The maximum Gasteiger partial charge on any atom is 0.223 e. The fraction of sp³-hybridized carbons (Fsp3) is 0.429. The van der Waals surface area contributed by atoms with Gasteiger partial charge in [-0.05, 0) is 6.07 Å². The lowest BCUT2D eigenvalue weighted by atomic mass is 10.6. The van der Waals surface area contributed by atoms with Gasteiger partial charge < -0.3 is 10.1 Å². The van der Waals surface area contributed by atoms with Crippen molar-refractivity contribution in [2.24, 2.45) is 0 Å². The zero-order valence-corrected chi connectivity index (χ0v) is 6.37. The van der Waals surface area contributed by atoms with Gasteiger partial charge in [-0.2, -0.15) is 0 Å². The van der Waals surface area contributed by atoms with Crippen LogP contribution >= 0.6 is 0 Å². The lowest BCUT2D eigenvalue weighted by molar-refractivity contribution is 0.210. The molecule has 0 spiro atoms. The molecule has 1 rings (SSSR count). The quantitative estimate of drug-likeness (QED) is 0.632. The molecule has 1 aromatic heterocycles. The lowest BCUT2D eigenvalue weighted by Crippen LogP contribution is -2.09. The Morgan fingerprint density at radius 2 is 2.64 bits per heavy atom. The average Bonchev–Trinajstić information content (AvgIpc) is 2.07. The molecule has 4 nitrogen and oxygen atoms in total. The topological polar surface area (TPSA) is 47.0 Å². The molecule has 11 heavy (non-hydrogen) atoms. The molecule has 0 amide bonds. The van der Waals surface area contributed by atoms with Crippen molar-refractivity contribution < 1.29 is 4.74 Å². The van der Waals surface area contributed by atoms with Crippen molar-refractivity contribution in [1.82, 2.24) is 9.97 Å². The third-order valence-electron chi connectivity index (χ3n) is 1.11. The normalized spacial score (nSPS) is 9.55. The van der Waals surface area contributed by atoms with Crippen LogP contribution in [-0.2, 0) is 4.74 Å². The first-order chi connectivity index (χ1) is 5.43. The van der Waals surface area contributed by atoms with Crippen molar-refractivity contribution in [3.63, 3.8) is 0 Å². The van der Waals surface area contributed by atoms with Crippen molar-refractivity contribution in [3.05, 3.63) is 18.5 Å². The first-order valence-electron chi connectivity index (χ1n) is 3.35. The van der Waals surface area contributed by atoms with Gasteiger partial charge in [0.05, 0.1) is 12.8 Å². The molecule has 1 aromatic rings. The van der Waals surface area contributed by atoms with Gasteiger partial charge in [0.15, 0.2) is 0 Å². The molecule has 0 unspecified atom stereocenters. The van der Waals surface area contributed by atoms with Crippen molar-refractivity contribution >= 4 is 5.95 Å². The zero-order valence-electron chi connectivity index (χ0n) is 6.37. The Labute approximate surface area is 65.6 Å². The Balaban J connectivity index is 2.28. The van der Waals surface area contributed by atoms with Crippen molar-refractivity contribution in [2.45, 2.75) is 0 Å². The van der Waals surface area contributed by atoms with Gasteiger partial charge in [-0.3, -0.25) is 0 Å². The summed E-state index contributed by atoms with van der Waals surface area (Å²) in [6.45, 7) is 1.37. The summed E-state index contributed by atoms with van der Waals surface area (Å²) in [5.74, 6) is 0.588. The van der Waals surface area contributed by atoms with Crippen LogP contribution in [0.15, 0.2) is 12.3 Å². The first-order valence-corrected chi connectivity index (χ1v) is 3.35.